The standard InChI is InChI=1S/C11H18N2O3/c1-7(2)6-8-9(14)13-5-3-4-11(13,16)10(15)12-8/h7-8,16H,3-6H2,1-2H3,(H,12,15). The molecule has 16 heavy (non-hydrogen) atoms. The van der Waals surface area contributed by atoms with Crippen molar-refractivity contribution in [1.29, 1.82) is 0 Å². The number of nitrogens with zero attached hydrogens (tertiary/aromatic N) is 1. The van der Waals surface area contributed by atoms with Crippen molar-refractivity contribution in [3.8, 4) is 0 Å². The summed E-state index contributed by atoms with van der Waals surface area (Å²) in [5, 5.41) is 12.7. The van der Waals surface area contributed by atoms with Crippen molar-refractivity contribution < 1.29 is 14.7 Å². The zero-order valence-corrected chi connectivity index (χ0v) is 9.69. The van der Waals surface area contributed by atoms with Gasteiger partial charge < -0.3 is 15.3 Å². The monoisotopic (exact) mass is 226 g/mol. The summed E-state index contributed by atoms with van der Waals surface area (Å²) >= 11 is 0. The predicted molar refractivity (Wildman–Crippen MR) is 57.3 cm³/mol. The number of hydrogen-bond donors (Lipinski definition) is 2. The van der Waals surface area contributed by atoms with E-state index in [1.165, 1.54) is 4.90 Å². The van der Waals surface area contributed by atoms with Gasteiger partial charge in [-0.25, -0.2) is 0 Å². The lowest BCUT2D eigenvalue weighted by atomic mass is 9.97. The van der Waals surface area contributed by atoms with Gasteiger partial charge in [-0.2, -0.15) is 0 Å². The van der Waals surface area contributed by atoms with Gasteiger partial charge in [-0.1, -0.05) is 13.8 Å². The average molecular weight is 226 g/mol. The Hall–Kier alpha value is -1.10. The number of hydrogen-bond acceptors (Lipinski definition) is 3. The number of carbonyl (C=O) groups excluding carboxylic acids is 2. The highest BCUT2D eigenvalue weighted by Crippen LogP contribution is 2.31. The molecule has 2 fully saturated rings. The molecule has 0 bridgehead atoms. The van der Waals surface area contributed by atoms with Crippen molar-refractivity contribution in [2.45, 2.75) is 44.9 Å². The van der Waals surface area contributed by atoms with Crippen LogP contribution in [0.15, 0.2) is 0 Å². The molecular formula is C11H18N2O3. The molecule has 2 aliphatic heterocycles. The van der Waals surface area contributed by atoms with Gasteiger partial charge in [0.05, 0.1) is 0 Å². The number of piperazine rings is 1. The van der Waals surface area contributed by atoms with Crippen LogP contribution in [0, 0.1) is 5.92 Å². The first-order chi connectivity index (χ1) is 7.45. The highest BCUT2D eigenvalue weighted by molar-refractivity contribution is 5.99. The van der Waals surface area contributed by atoms with E-state index in [1.54, 1.807) is 0 Å². The topological polar surface area (TPSA) is 69.6 Å². The van der Waals surface area contributed by atoms with Gasteiger partial charge in [0.15, 0.2) is 0 Å². The number of aliphatic hydroxyl groups is 1. The quantitative estimate of drug-likeness (QED) is 0.687. The Morgan fingerprint density at radius 2 is 2.25 bits per heavy atom. The number of carbonyl (C=O) groups is 2. The molecule has 0 aliphatic carbocycles. The SMILES string of the molecule is CC(C)CC1NC(=O)C2(O)CCCN2C1=O. The third kappa shape index (κ3) is 1.59. The molecule has 0 aromatic carbocycles. The summed E-state index contributed by atoms with van der Waals surface area (Å²) in [6.07, 6.45) is 1.65. The highest BCUT2D eigenvalue weighted by atomic mass is 16.3. The molecule has 2 unspecified atom stereocenters. The van der Waals surface area contributed by atoms with Gasteiger partial charge in [0.25, 0.3) is 5.91 Å². The molecule has 90 valence electrons. The molecule has 2 saturated heterocycles. The summed E-state index contributed by atoms with van der Waals surface area (Å²) in [5.74, 6) is -0.230. The van der Waals surface area contributed by atoms with E-state index < -0.39 is 17.7 Å². The summed E-state index contributed by atoms with van der Waals surface area (Å²) < 4.78 is 0. The fraction of sp³-hybridized carbons (Fsp3) is 0.818. The molecule has 2 amide bonds. The van der Waals surface area contributed by atoms with Gasteiger partial charge in [0.1, 0.15) is 6.04 Å². The van der Waals surface area contributed by atoms with Crippen molar-refractivity contribution in [3.63, 3.8) is 0 Å². The average Bonchev–Trinajstić information content (AvgIpc) is 2.58. The molecular weight excluding hydrogens is 208 g/mol. The Morgan fingerprint density at radius 1 is 1.56 bits per heavy atom. The lowest BCUT2D eigenvalue weighted by Crippen LogP contribution is -2.68. The first-order valence-corrected chi connectivity index (χ1v) is 5.80. The minimum atomic E-state index is -1.58. The van der Waals surface area contributed by atoms with Crippen LogP contribution in [0.2, 0.25) is 0 Å². The number of nitrogens with one attached hydrogen (secondary N) is 1. The van der Waals surface area contributed by atoms with Gasteiger partial charge in [-0.15, -0.1) is 0 Å². The Balaban J connectivity index is 2.19. The van der Waals surface area contributed by atoms with E-state index in [9.17, 15) is 14.7 Å². The highest BCUT2D eigenvalue weighted by Gasteiger charge is 2.53. The Labute approximate surface area is 94.8 Å². The van der Waals surface area contributed by atoms with Gasteiger partial charge in [-0.05, 0) is 18.8 Å². The summed E-state index contributed by atoms with van der Waals surface area (Å²) in [6.45, 7) is 4.49. The second-order valence-corrected chi connectivity index (χ2v) is 5.07. The van der Waals surface area contributed by atoms with Crippen LogP contribution in [0.5, 0.6) is 0 Å². The van der Waals surface area contributed by atoms with Crippen molar-refractivity contribution in [2.24, 2.45) is 5.92 Å². The van der Waals surface area contributed by atoms with Crippen LogP contribution in [-0.2, 0) is 9.59 Å². The van der Waals surface area contributed by atoms with Crippen LogP contribution in [0.25, 0.3) is 0 Å². The summed E-state index contributed by atoms with van der Waals surface area (Å²) in [5.41, 5.74) is -1.58. The minimum Gasteiger partial charge on any atom is -0.363 e. The van der Waals surface area contributed by atoms with E-state index in [-0.39, 0.29) is 5.91 Å². The smallest absolute Gasteiger partial charge is 0.274 e. The molecule has 2 rings (SSSR count). The van der Waals surface area contributed by atoms with Gasteiger partial charge in [0.2, 0.25) is 11.6 Å². The molecule has 5 heteroatoms. The first-order valence-electron chi connectivity index (χ1n) is 5.80. The lowest BCUT2D eigenvalue weighted by Gasteiger charge is -2.40. The first kappa shape index (κ1) is 11.4. The van der Waals surface area contributed by atoms with Crippen LogP contribution in [0.3, 0.4) is 0 Å². The maximum Gasteiger partial charge on any atom is 0.274 e. The summed E-state index contributed by atoms with van der Waals surface area (Å²) in [4.78, 5) is 25.2. The van der Waals surface area contributed by atoms with Crippen LogP contribution in [0.4, 0.5) is 0 Å². The lowest BCUT2D eigenvalue weighted by molar-refractivity contribution is -0.178. The van der Waals surface area contributed by atoms with Gasteiger partial charge in [0, 0.05) is 13.0 Å². The number of amides is 2. The van der Waals surface area contributed by atoms with Gasteiger partial charge in [-0.3, -0.25) is 9.59 Å². The molecule has 2 atom stereocenters. The molecule has 0 radical (unpaired) electrons. The Morgan fingerprint density at radius 3 is 2.88 bits per heavy atom. The largest absolute Gasteiger partial charge is 0.363 e. The van der Waals surface area contributed by atoms with E-state index in [1.807, 2.05) is 13.8 Å². The molecule has 2 heterocycles. The molecule has 2 aliphatic rings. The second kappa shape index (κ2) is 3.73. The molecule has 0 spiro atoms. The van der Waals surface area contributed by atoms with Crippen molar-refractivity contribution in [2.75, 3.05) is 6.54 Å². The van der Waals surface area contributed by atoms with Crippen molar-refractivity contribution in [1.82, 2.24) is 10.2 Å². The Bertz CT molecular complexity index is 329. The van der Waals surface area contributed by atoms with E-state index in [0.717, 1.165) is 0 Å². The molecule has 5 nitrogen and oxygen atoms in total. The fourth-order valence-corrected chi connectivity index (χ4v) is 2.49. The normalized spacial score (nSPS) is 34.2. The summed E-state index contributed by atoms with van der Waals surface area (Å²) in [6, 6.07) is -0.467. The number of rotatable bonds is 2. The third-order valence-corrected chi connectivity index (χ3v) is 3.29. The fourth-order valence-electron chi connectivity index (χ4n) is 2.49. The van der Waals surface area contributed by atoms with E-state index >= 15 is 0 Å². The van der Waals surface area contributed by atoms with Crippen LogP contribution >= 0.6 is 0 Å². The predicted octanol–water partition coefficient (Wildman–Crippen LogP) is -0.158. The maximum atomic E-state index is 12.0. The molecule has 0 saturated carbocycles. The van der Waals surface area contributed by atoms with Crippen LogP contribution < -0.4 is 5.32 Å². The third-order valence-electron chi connectivity index (χ3n) is 3.29. The van der Waals surface area contributed by atoms with Crippen molar-refractivity contribution in [3.05, 3.63) is 0 Å². The van der Waals surface area contributed by atoms with E-state index in [2.05, 4.69) is 5.32 Å². The Kier molecular flexibility index (Phi) is 2.66. The minimum absolute atomic E-state index is 0.145. The zero-order chi connectivity index (χ0) is 11.9. The zero-order valence-electron chi connectivity index (χ0n) is 9.69. The van der Waals surface area contributed by atoms with Crippen LogP contribution in [-0.4, -0.2) is 40.1 Å². The molecule has 0 aromatic heterocycles. The maximum absolute atomic E-state index is 12.0. The second-order valence-electron chi connectivity index (χ2n) is 5.07. The van der Waals surface area contributed by atoms with Crippen molar-refractivity contribution >= 4 is 11.8 Å². The molecule has 0 aromatic rings. The molecule has 2 N–H and O–H groups in total. The summed E-state index contributed by atoms with van der Waals surface area (Å²) in [7, 11) is 0. The van der Waals surface area contributed by atoms with E-state index in [0.29, 0.717) is 31.7 Å². The number of fused-ring (bicyclic) bond motifs is 1. The van der Waals surface area contributed by atoms with Gasteiger partial charge >= 0.3 is 0 Å². The van der Waals surface area contributed by atoms with Crippen LogP contribution in [0.1, 0.15) is 33.1 Å². The van der Waals surface area contributed by atoms with E-state index in [4.69, 9.17) is 0 Å².